The van der Waals surface area contributed by atoms with Crippen molar-refractivity contribution < 1.29 is 14.7 Å². The Hall–Kier alpha value is -3.06. The van der Waals surface area contributed by atoms with Crippen molar-refractivity contribution in [3.05, 3.63) is 53.1 Å². The predicted octanol–water partition coefficient (Wildman–Crippen LogP) is 2.46. The molecule has 1 saturated heterocycles. The molecule has 2 heterocycles. The number of hydrogen-bond acceptors (Lipinski definition) is 4. The maximum atomic E-state index is 12.4. The summed E-state index contributed by atoms with van der Waals surface area (Å²) in [5.74, 6) is 0.114. The molecule has 2 aromatic carbocycles. The van der Waals surface area contributed by atoms with Crippen molar-refractivity contribution in [2.24, 2.45) is 0 Å². The van der Waals surface area contributed by atoms with Crippen molar-refractivity contribution in [1.82, 2.24) is 10.2 Å². The molecule has 28 heavy (non-hydrogen) atoms. The topological polar surface area (TPSA) is 84.9 Å². The lowest BCUT2D eigenvalue weighted by atomic mass is 9.84. The van der Waals surface area contributed by atoms with Gasteiger partial charge in [0.1, 0.15) is 5.75 Å². The number of nitrogens with one attached hydrogen (secondary N) is 2. The molecular formula is C21H24N4O3. The van der Waals surface area contributed by atoms with Crippen molar-refractivity contribution in [3.63, 3.8) is 0 Å². The normalized spacial score (nSPS) is 18.8. The molecule has 0 bridgehead atoms. The lowest BCUT2D eigenvalue weighted by molar-refractivity contribution is -0.116. The first-order valence-electron chi connectivity index (χ1n) is 9.38. The van der Waals surface area contributed by atoms with Crippen molar-refractivity contribution in [2.45, 2.75) is 18.9 Å². The van der Waals surface area contributed by atoms with Crippen LogP contribution in [0.2, 0.25) is 0 Å². The highest BCUT2D eigenvalue weighted by molar-refractivity contribution is 5.98. The Bertz CT molecular complexity index is 941. The van der Waals surface area contributed by atoms with Crippen LogP contribution in [0.4, 0.5) is 16.2 Å². The quantitative estimate of drug-likeness (QED) is 0.761. The van der Waals surface area contributed by atoms with Gasteiger partial charge in [-0.2, -0.15) is 0 Å². The van der Waals surface area contributed by atoms with Gasteiger partial charge in [-0.25, -0.2) is 4.79 Å². The summed E-state index contributed by atoms with van der Waals surface area (Å²) in [7, 11) is 3.90. The summed E-state index contributed by atoms with van der Waals surface area (Å²) in [5, 5.41) is 15.9. The molecule has 0 aliphatic carbocycles. The number of rotatable bonds is 4. The minimum absolute atomic E-state index is 0.0530. The highest BCUT2D eigenvalue weighted by Gasteiger charge is 2.29. The number of fused-ring (bicyclic) bond motifs is 1. The van der Waals surface area contributed by atoms with Crippen molar-refractivity contribution >= 4 is 23.3 Å². The summed E-state index contributed by atoms with van der Waals surface area (Å²) in [6.07, 6.45) is 0.350. The Morgan fingerprint density at radius 1 is 1.18 bits per heavy atom. The van der Waals surface area contributed by atoms with E-state index in [4.69, 9.17) is 0 Å². The zero-order valence-corrected chi connectivity index (χ0v) is 16.0. The molecule has 2 aliphatic heterocycles. The maximum absolute atomic E-state index is 12.4. The minimum Gasteiger partial charge on any atom is -0.508 e. The van der Waals surface area contributed by atoms with Gasteiger partial charge in [0.25, 0.3) is 0 Å². The third kappa shape index (κ3) is 3.41. The number of nitrogens with zero attached hydrogens (tertiary/aromatic N) is 2. The van der Waals surface area contributed by atoms with E-state index < -0.39 is 0 Å². The zero-order valence-electron chi connectivity index (χ0n) is 16.0. The van der Waals surface area contributed by atoms with Crippen LogP contribution < -0.4 is 15.5 Å². The second kappa shape index (κ2) is 7.16. The average molecular weight is 380 g/mol. The smallest absolute Gasteiger partial charge is 0.321 e. The monoisotopic (exact) mass is 380 g/mol. The number of aromatic hydroxyl groups is 1. The van der Waals surface area contributed by atoms with Crippen LogP contribution in [0.5, 0.6) is 5.75 Å². The predicted molar refractivity (Wildman–Crippen MR) is 108 cm³/mol. The highest BCUT2D eigenvalue weighted by atomic mass is 16.3. The first kappa shape index (κ1) is 18.3. The van der Waals surface area contributed by atoms with E-state index >= 15 is 0 Å². The van der Waals surface area contributed by atoms with E-state index in [1.54, 1.807) is 11.0 Å². The second-order valence-corrected chi connectivity index (χ2v) is 7.59. The molecule has 7 nitrogen and oxygen atoms in total. The second-order valence-electron chi connectivity index (χ2n) is 7.59. The molecule has 4 rings (SSSR count). The first-order chi connectivity index (χ1) is 13.4. The number of benzene rings is 2. The third-order valence-electron chi connectivity index (χ3n) is 5.24. The van der Waals surface area contributed by atoms with Crippen LogP contribution in [0, 0.1) is 0 Å². The molecule has 0 radical (unpaired) electrons. The number of phenols is 1. The third-order valence-corrected chi connectivity index (χ3v) is 5.24. The van der Waals surface area contributed by atoms with Crippen LogP contribution in [0.15, 0.2) is 36.4 Å². The van der Waals surface area contributed by atoms with Gasteiger partial charge in [0, 0.05) is 48.9 Å². The summed E-state index contributed by atoms with van der Waals surface area (Å²) < 4.78 is 0. The van der Waals surface area contributed by atoms with Gasteiger partial charge in [-0.15, -0.1) is 0 Å². The molecule has 146 valence electrons. The molecule has 1 unspecified atom stereocenters. The number of anilines is 2. The Balaban J connectivity index is 1.71. The number of phenolic OH excluding ortho intramolecular Hbond substituents is 1. The Morgan fingerprint density at radius 3 is 2.71 bits per heavy atom. The van der Waals surface area contributed by atoms with E-state index in [1.807, 2.05) is 49.3 Å². The molecular weight excluding hydrogens is 356 g/mol. The van der Waals surface area contributed by atoms with E-state index in [1.165, 1.54) is 0 Å². The van der Waals surface area contributed by atoms with Gasteiger partial charge < -0.3 is 20.6 Å². The average Bonchev–Trinajstić information content (AvgIpc) is 3.08. The molecule has 0 saturated carbocycles. The Kier molecular flexibility index (Phi) is 4.68. The lowest BCUT2D eigenvalue weighted by Crippen LogP contribution is -2.28. The summed E-state index contributed by atoms with van der Waals surface area (Å²) in [5.41, 5.74) is 4.36. The van der Waals surface area contributed by atoms with Crippen LogP contribution >= 0.6 is 0 Å². The van der Waals surface area contributed by atoms with Crippen LogP contribution in [0.25, 0.3) is 0 Å². The fourth-order valence-electron chi connectivity index (χ4n) is 3.93. The van der Waals surface area contributed by atoms with E-state index in [9.17, 15) is 14.7 Å². The fourth-order valence-corrected chi connectivity index (χ4v) is 3.93. The lowest BCUT2D eigenvalue weighted by Gasteiger charge is -2.28. The van der Waals surface area contributed by atoms with Crippen LogP contribution in [-0.2, 0) is 11.3 Å². The summed E-state index contributed by atoms with van der Waals surface area (Å²) in [6, 6.07) is 11.2. The number of carbonyl (C=O) groups is 2. The first-order valence-corrected chi connectivity index (χ1v) is 9.38. The van der Waals surface area contributed by atoms with Gasteiger partial charge in [0.15, 0.2) is 0 Å². The van der Waals surface area contributed by atoms with Crippen LogP contribution in [0.1, 0.15) is 29.0 Å². The summed E-state index contributed by atoms with van der Waals surface area (Å²) in [4.78, 5) is 28.0. The maximum Gasteiger partial charge on any atom is 0.321 e. The molecule has 2 aromatic rings. The molecule has 1 atom stereocenters. The van der Waals surface area contributed by atoms with Crippen LogP contribution in [0.3, 0.4) is 0 Å². The number of urea groups is 1. The van der Waals surface area contributed by atoms with Crippen molar-refractivity contribution in [3.8, 4) is 5.75 Å². The Morgan fingerprint density at radius 2 is 2.00 bits per heavy atom. The zero-order chi connectivity index (χ0) is 19.8. The largest absolute Gasteiger partial charge is 0.508 e. The molecule has 2 aliphatic rings. The minimum atomic E-state index is -0.120. The van der Waals surface area contributed by atoms with E-state index in [0.717, 1.165) is 28.1 Å². The van der Waals surface area contributed by atoms with Gasteiger partial charge in [0.2, 0.25) is 5.91 Å². The molecule has 3 amide bonds. The van der Waals surface area contributed by atoms with E-state index in [0.29, 0.717) is 26.1 Å². The molecule has 0 spiro atoms. The van der Waals surface area contributed by atoms with Crippen molar-refractivity contribution in [1.29, 1.82) is 0 Å². The summed E-state index contributed by atoms with van der Waals surface area (Å²) in [6.45, 7) is 1.85. The number of amides is 3. The SMILES string of the molecule is CN(C)Cc1cc(C2CC(=O)Nc3cc(N4CCNC4=O)ccc32)ccc1O. The molecule has 1 fully saturated rings. The van der Waals surface area contributed by atoms with Gasteiger partial charge in [-0.3, -0.25) is 9.69 Å². The van der Waals surface area contributed by atoms with E-state index in [2.05, 4.69) is 10.6 Å². The van der Waals surface area contributed by atoms with Gasteiger partial charge in [0.05, 0.1) is 0 Å². The van der Waals surface area contributed by atoms with Gasteiger partial charge in [-0.1, -0.05) is 18.2 Å². The molecule has 0 aromatic heterocycles. The van der Waals surface area contributed by atoms with Crippen LogP contribution in [-0.4, -0.2) is 49.1 Å². The highest BCUT2D eigenvalue weighted by Crippen LogP contribution is 2.40. The Labute approximate surface area is 163 Å². The summed E-state index contributed by atoms with van der Waals surface area (Å²) >= 11 is 0. The van der Waals surface area contributed by atoms with Gasteiger partial charge in [-0.05, 0) is 43.4 Å². The molecule has 3 N–H and O–H groups in total. The van der Waals surface area contributed by atoms with E-state index in [-0.39, 0.29) is 23.6 Å². The van der Waals surface area contributed by atoms with Gasteiger partial charge >= 0.3 is 6.03 Å². The standard InChI is InChI=1S/C21H24N4O3/c1-24(2)12-14-9-13(3-6-19(14)26)17-11-20(27)23-18-10-15(4-5-16(17)18)25-8-7-22-21(25)28/h3-6,9-10,17,26H,7-8,11-12H2,1-2H3,(H,22,28)(H,23,27). The number of carbonyl (C=O) groups excluding carboxylic acids is 2. The van der Waals surface area contributed by atoms with Crippen molar-refractivity contribution in [2.75, 3.05) is 37.4 Å². The number of hydrogen-bond donors (Lipinski definition) is 3. The fraction of sp³-hybridized carbons (Fsp3) is 0.333. The molecule has 7 heteroatoms.